The van der Waals surface area contributed by atoms with Gasteiger partial charge in [0.05, 0.1) is 7.11 Å². The molecule has 0 saturated heterocycles. The highest BCUT2D eigenvalue weighted by Crippen LogP contribution is 2.19. The first-order valence-corrected chi connectivity index (χ1v) is 4.41. The molecule has 70 valence electrons. The van der Waals surface area contributed by atoms with Crippen molar-refractivity contribution in [2.45, 2.75) is 19.3 Å². The first kappa shape index (κ1) is 9.78. The Kier molecular flexibility index (Phi) is 3.50. The van der Waals surface area contributed by atoms with Crippen LogP contribution < -0.4 is 4.74 Å². The summed E-state index contributed by atoms with van der Waals surface area (Å²) in [4.78, 5) is 10.7. The van der Waals surface area contributed by atoms with Crippen LogP contribution in [0.25, 0.3) is 0 Å². The van der Waals surface area contributed by atoms with Crippen molar-refractivity contribution in [2.75, 3.05) is 7.11 Å². The minimum atomic E-state index is 0.0194. The van der Waals surface area contributed by atoms with E-state index in [9.17, 15) is 4.79 Å². The zero-order chi connectivity index (χ0) is 9.68. The zero-order valence-corrected chi connectivity index (χ0v) is 7.99. The molecule has 0 aromatic heterocycles. The van der Waals surface area contributed by atoms with Crippen molar-refractivity contribution in [3.05, 3.63) is 29.8 Å². The maximum Gasteiger partial charge on any atom is 0.127 e. The van der Waals surface area contributed by atoms with Gasteiger partial charge in [-0.1, -0.05) is 19.1 Å². The van der Waals surface area contributed by atoms with Crippen LogP contribution in [0.1, 0.15) is 24.8 Å². The first-order valence-electron chi connectivity index (χ1n) is 4.41. The van der Waals surface area contributed by atoms with E-state index in [4.69, 9.17) is 4.74 Å². The van der Waals surface area contributed by atoms with Crippen molar-refractivity contribution in [3.8, 4) is 5.75 Å². The molecule has 1 rings (SSSR count). The van der Waals surface area contributed by atoms with Gasteiger partial charge in [0.2, 0.25) is 0 Å². The van der Waals surface area contributed by atoms with Crippen LogP contribution in [0.15, 0.2) is 24.3 Å². The molecule has 0 aliphatic heterocycles. The molecule has 0 heterocycles. The van der Waals surface area contributed by atoms with E-state index in [1.54, 1.807) is 7.11 Å². The normalized spacial score (nSPS) is 12.2. The van der Waals surface area contributed by atoms with Gasteiger partial charge in [0.1, 0.15) is 12.0 Å². The van der Waals surface area contributed by atoms with Crippen molar-refractivity contribution >= 4 is 6.29 Å². The SMILES string of the molecule is CC[C@@H](C=O)c1ccc(OC)cc1. The minimum Gasteiger partial charge on any atom is -0.497 e. The van der Waals surface area contributed by atoms with E-state index in [1.165, 1.54) is 0 Å². The van der Waals surface area contributed by atoms with Crippen LogP contribution >= 0.6 is 0 Å². The monoisotopic (exact) mass is 178 g/mol. The molecule has 1 aromatic rings. The van der Waals surface area contributed by atoms with E-state index in [-0.39, 0.29) is 5.92 Å². The molecule has 0 aliphatic carbocycles. The quantitative estimate of drug-likeness (QED) is 0.662. The number of ether oxygens (including phenoxy) is 1. The van der Waals surface area contributed by atoms with Crippen LogP contribution in [0.4, 0.5) is 0 Å². The van der Waals surface area contributed by atoms with Crippen molar-refractivity contribution in [1.29, 1.82) is 0 Å². The Labute approximate surface area is 78.5 Å². The molecule has 0 N–H and O–H groups in total. The summed E-state index contributed by atoms with van der Waals surface area (Å²) in [6, 6.07) is 7.62. The predicted molar refractivity (Wildman–Crippen MR) is 52.1 cm³/mol. The van der Waals surface area contributed by atoms with Gasteiger partial charge in [-0.15, -0.1) is 0 Å². The van der Waals surface area contributed by atoms with Gasteiger partial charge in [0.25, 0.3) is 0 Å². The highest BCUT2D eigenvalue weighted by Gasteiger charge is 2.06. The molecule has 0 bridgehead atoms. The summed E-state index contributed by atoms with van der Waals surface area (Å²) in [7, 11) is 1.63. The number of methoxy groups -OCH3 is 1. The molecule has 0 spiro atoms. The van der Waals surface area contributed by atoms with Gasteiger partial charge in [-0.2, -0.15) is 0 Å². The number of aldehydes is 1. The van der Waals surface area contributed by atoms with Crippen LogP contribution in [-0.2, 0) is 4.79 Å². The van der Waals surface area contributed by atoms with Gasteiger partial charge >= 0.3 is 0 Å². The Morgan fingerprint density at radius 3 is 2.38 bits per heavy atom. The van der Waals surface area contributed by atoms with Crippen molar-refractivity contribution in [2.24, 2.45) is 0 Å². The summed E-state index contributed by atoms with van der Waals surface area (Å²) >= 11 is 0. The van der Waals surface area contributed by atoms with Crippen molar-refractivity contribution in [1.82, 2.24) is 0 Å². The lowest BCUT2D eigenvalue weighted by molar-refractivity contribution is -0.109. The molecule has 0 saturated carbocycles. The molecule has 0 aliphatic rings. The van der Waals surface area contributed by atoms with Crippen molar-refractivity contribution < 1.29 is 9.53 Å². The highest BCUT2D eigenvalue weighted by molar-refractivity contribution is 5.62. The van der Waals surface area contributed by atoms with Crippen LogP contribution in [-0.4, -0.2) is 13.4 Å². The molecular weight excluding hydrogens is 164 g/mol. The maximum atomic E-state index is 10.7. The average molecular weight is 178 g/mol. The molecular formula is C11H14O2. The van der Waals surface area contributed by atoms with E-state index in [0.717, 1.165) is 24.0 Å². The van der Waals surface area contributed by atoms with Crippen molar-refractivity contribution in [3.63, 3.8) is 0 Å². The molecule has 0 amide bonds. The second-order valence-corrected chi connectivity index (χ2v) is 2.92. The van der Waals surface area contributed by atoms with E-state index >= 15 is 0 Å². The molecule has 1 atom stereocenters. The van der Waals surface area contributed by atoms with Gasteiger partial charge in [0.15, 0.2) is 0 Å². The van der Waals surface area contributed by atoms with E-state index in [1.807, 2.05) is 31.2 Å². The van der Waals surface area contributed by atoms with Gasteiger partial charge in [-0.3, -0.25) is 0 Å². The lowest BCUT2D eigenvalue weighted by Gasteiger charge is -2.07. The number of rotatable bonds is 4. The lowest BCUT2D eigenvalue weighted by Crippen LogP contribution is -1.97. The fourth-order valence-corrected chi connectivity index (χ4v) is 1.26. The summed E-state index contributed by atoms with van der Waals surface area (Å²) in [5.41, 5.74) is 1.05. The Balaban J connectivity index is 2.83. The zero-order valence-electron chi connectivity index (χ0n) is 7.99. The number of hydrogen-bond donors (Lipinski definition) is 0. The molecule has 1 aromatic carbocycles. The van der Waals surface area contributed by atoms with Crippen LogP contribution in [0.5, 0.6) is 5.75 Å². The number of benzene rings is 1. The van der Waals surface area contributed by atoms with Gasteiger partial charge in [-0.25, -0.2) is 0 Å². The summed E-state index contributed by atoms with van der Waals surface area (Å²) in [5, 5.41) is 0. The second-order valence-electron chi connectivity index (χ2n) is 2.92. The third-order valence-corrected chi connectivity index (χ3v) is 2.15. The molecule has 0 radical (unpaired) electrons. The fourth-order valence-electron chi connectivity index (χ4n) is 1.26. The average Bonchev–Trinajstić information content (AvgIpc) is 2.21. The second kappa shape index (κ2) is 4.65. The van der Waals surface area contributed by atoms with Gasteiger partial charge in [0, 0.05) is 5.92 Å². The summed E-state index contributed by atoms with van der Waals surface area (Å²) in [6.45, 7) is 2.00. The molecule has 2 heteroatoms. The summed E-state index contributed by atoms with van der Waals surface area (Å²) in [5.74, 6) is 0.843. The Morgan fingerprint density at radius 1 is 1.38 bits per heavy atom. The fraction of sp³-hybridized carbons (Fsp3) is 0.364. The Hall–Kier alpha value is -1.31. The molecule has 0 fully saturated rings. The van der Waals surface area contributed by atoms with Gasteiger partial charge in [-0.05, 0) is 24.1 Å². The van der Waals surface area contributed by atoms with Crippen LogP contribution in [0, 0.1) is 0 Å². The first-order chi connectivity index (χ1) is 6.31. The number of hydrogen-bond acceptors (Lipinski definition) is 2. The third kappa shape index (κ3) is 2.31. The van der Waals surface area contributed by atoms with Crippen LogP contribution in [0.2, 0.25) is 0 Å². The van der Waals surface area contributed by atoms with Gasteiger partial charge < -0.3 is 9.53 Å². The summed E-state index contributed by atoms with van der Waals surface area (Å²) in [6.07, 6.45) is 1.83. The van der Waals surface area contributed by atoms with Crippen LogP contribution in [0.3, 0.4) is 0 Å². The Morgan fingerprint density at radius 2 is 2.00 bits per heavy atom. The molecule has 13 heavy (non-hydrogen) atoms. The maximum absolute atomic E-state index is 10.7. The van der Waals surface area contributed by atoms with E-state index < -0.39 is 0 Å². The number of carbonyl (C=O) groups is 1. The molecule has 2 nitrogen and oxygen atoms in total. The predicted octanol–water partition coefficient (Wildman–Crippen LogP) is 2.39. The third-order valence-electron chi connectivity index (χ3n) is 2.15. The van der Waals surface area contributed by atoms with E-state index in [2.05, 4.69) is 0 Å². The van der Waals surface area contributed by atoms with E-state index in [0.29, 0.717) is 0 Å². The Bertz CT molecular complexity index is 264. The minimum absolute atomic E-state index is 0.0194. The summed E-state index contributed by atoms with van der Waals surface area (Å²) < 4.78 is 5.03. The molecule has 0 unspecified atom stereocenters. The number of carbonyl (C=O) groups excluding carboxylic acids is 1. The lowest BCUT2D eigenvalue weighted by atomic mass is 9.98. The largest absolute Gasteiger partial charge is 0.497 e. The highest BCUT2D eigenvalue weighted by atomic mass is 16.5. The topological polar surface area (TPSA) is 26.3 Å². The standard InChI is InChI=1S/C11H14O2/c1-3-9(8-12)10-4-6-11(13-2)7-5-10/h4-9H,3H2,1-2H3/t9-/m0/s1. The smallest absolute Gasteiger partial charge is 0.127 e.